The molecule has 1 aromatic rings. The van der Waals surface area contributed by atoms with E-state index in [0.717, 1.165) is 51.4 Å². The monoisotopic (exact) mass is 445 g/mol. The van der Waals surface area contributed by atoms with Gasteiger partial charge in [-0.2, -0.15) is 13.2 Å². The fourth-order valence-corrected chi connectivity index (χ4v) is 5.30. The molecule has 0 saturated carbocycles. The highest BCUT2D eigenvalue weighted by Crippen LogP contribution is 2.28. The van der Waals surface area contributed by atoms with Crippen LogP contribution in [0.2, 0.25) is 0 Å². The lowest BCUT2D eigenvalue weighted by Crippen LogP contribution is -2.43. The highest BCUT2D eigenvalue weighted by molar-refractivity contribution is 7.10. The van der Waals surface area contributed by atoms with Crippen LogP contribution in [0, 0.1) is 5.92 Å². The number of alkyl halides is 3. The summed E-state index contributed by atoms with van der Waals surface area (Å²) in [5, 5.41) is 8.99. The van der Waals surface area contributed by atoms with Crippen LogP contribution in [0.4, 0.5) is 13.2 Å². The zero-order valence-electron chi connectivity index (χ0n) is 17.8. The molecule has 0 aromatic carbocycles. The Morgan fingerprint density at radius 1 is 1.20 bits per heavy atom. The average Bonchev–Trinajstić information content (AvgIpc) is 3.42. The largest absolute Gasteiger partial charge is 0.401 e. The van der Waals surface area contributed by atoms with E-state index in [4.69, 9.17) is 0 Å². The molecule has 2 saturated heterocycles. The van der Waals surface area contributed by atoms with Gasteiger partial charge >= 0.3 is 6.18 Å². The van der Waals surface area contributed by atoms with E-state index in [1.807, 2.05) is 0 Å². The van der Waals surface area contributed by atoms with Crippen LogP contribution < -0.4 is 10.6 Å². The summed E-state index contributed by atoms with van der Waals surface area (Å²) in [6.07, 6.45) is 1.05. The van der Waals surface area contributed by atoms with Crippen LogP contribution >= 0.6 is 11.3 Å². The summed E-state index contributed by atoms with van der Waals surface area (Å²) in [5.74, 6) is 1.27. The van der Waals surface area contributed by atoms with Gasteiger partial charge in [-0.25, -0.2) is 0 Å². The molecule has 0 spiro atoms. The van der Waals surface area contributed by atoms with Crippen LogP contribution in [0.25, 0.3) is 0 Å². The van der Waals surface area contributed by atoms with Crippen molar-refractivity contribution in [3.05, 3.63) is 22.4 Å². The van der Waals surface area contributed by atoms with Crippen LogP contribution in [-0.2, 0) is 0 Å². The molecular formula is C21H34F3N5S. The third-order valence-electron chi connectivity index (χ3n) is 6.09. The van der Waals surface area contributed by atoms with Gasteiger partial charge in [0.2, 0.25) is 0 Å². The van der Waals surface area contributed by atoms with E-state index in [0.29, 0.717) is 25.0 Å². The number of guanidine groups is 1. The van der Waals surface area contributed by atoms with Gasteiger partial charge in [-0.3, -0.25) is 14.8 Å². The van der Waals surface area contributed by atoms with Gasteiger partial charge in [0.05, 0.1) is 12.6 Å². The minimum Gasteiger partial charge on any atom is -0.356 e. The van der Waals surface area contributed by atoms with E-state index in [-0.39, 0.29) is 0 Å². The van der Waals surface area contributed by atoms with E-state index in [1.54, 1.807) is 18.4 Å². The normalized spacial score (nSPS) is 21.1. The topological polar surface area (TPSA) is 42.9 Å². The Labute approximate surface area is 181 Å². The van der Waals surface area contributed by atoms with Gasteiger partial charge in [0.1, 0.15) is 0 Å². The molecule has 0 amide bonds. The Bertz CT molecular complexity index is 636. The van der Waals surface area contributed by atoms with E-state index < -0.39 is 12.7 Å². The molecule has 9 heteroatoms. The Morgan fingerprint density at radius 2 is 1.93 bits per heavy atom. The summed E-state index contributed by atoms with van der Waals surface area (Å²) < 4.78 is 37.5. The predicted octanol–water partition coefficient (Wildman–Crippen LogP) is 3.71. The van der Waals surface area contributed by atoms with Gasteiger partial charge in [0.15, 0.2) is 5.96 Å². The zero-order chi connectivity index (χ0) is 21.4. The van der Waals surface area contributed by atoms with Crippen molar-refractivity contribution in [2.45, 2.75) is 44.3 Å². The Kier molecular flexibility index (Phi) is 8.83. The van der Waals surface area contributed by atoms with Crippen LogP contribution in [0.3, 0.4) is 0 Å². The molecule has 2 aliphatic heterocycles. The van der Waals surface area contributed by atoms with Gasteiger partial charge < -0.3 is 10.6 Å². The first-order valence-electron chi connectivity index (χ1n) is 11.0. The Morgan fingerprint density at radius 3 is 2.53 bits per heavy atom. The summed E-state index contributed by atoms with van der Waals surface area (Å²) in [6.45, 7) is 4.18. The molecular weight excluding hydrogens is 411 g/mol. The standard InChI is InChI=1S/C21H34F3N5S/c1-25-20(26-9-6-17-7-12-28(13-8-17)16-21(22,23)24)27-15-18(19-5-4-14-30-19)29-10-2-3-11-29/h4-5,14,17-18H,2-3,6-13,15-16H2,1H3,(H2,25,26,27). The lowest BCUT2D eigenvalue weighted by molar-refractivity contribution is -0.148. The fourth-order valence-electron chi connectivity index (χ4n) is 4.44. The lowest BCUT2D eigenvalue weighted by atomic mass is 9.93. The number of hydrogen-bond donors (Lipinski definition) is 2. The first-order valence-corrected chi connectivity index (χ1v) is 11.8. The molecule has 170 valence electrons. The van der Waals surface area contributed by atoms with Crippen LogP contribution in [0.1, 0.15) is 43.0 Å². The summed E-state index contributed by atoms with van der Waals surface area (Å²) in [4.78, 5) is 9.79. The number of rotatable bonds is 8. The molecule has 1 unspecified atom stereocenters. The number of nitrogens with zero attached hydrogens (tertiary/aromatic N) is 3. The van der Waals surface area contributed by atoms with E-state index in [1.165, 1.54) is 22.6 Å². The van der Waals surface area contributed by atoms with Crippen molar-refractivity contribution < 1.29 is 13.2 Å². The fraction of sp³-hybridized carbons (Fsp3) is 0.762. The molecule has 2 fully saturated rings. The lowest BCUT2D eigenvalue weighted by Gasteiger charge is -2.32. The second kappa shape index (κ2) is 11.3. The van der Waals surface area contributed by atoms with E-state index in [9.17, 15) is 13.2 Å². The van der Waals surface area contributed by atoms with Gasteiger partial charge in [-0.15, -0.1) is 11.3 Å². The number of thiophene rings is 1. The molecule has 0 radical (unpaired) electrons. The minimum absolute atomic E-state index is 0.365. The molecule has 0 bridgehead atoms. The zero-order valence-corrected chi connectivity index (χ0v) is 18.6. The second-order valence-electron chi connectivity index (χ2n) is 8.28. The van der Waals surface area contributed by atoms with Gasteiger partial charge in [0, 0.05) is 25.0 Å². The predicted molar refractivity (Wildman–Crippen MR) is 117 cm³/mol. The van der Waals surface area contributed by atoms with Crippen molar-refractivity contribution in [3.63, 3.8) is 0 Å². The Hall–Kier alpha value is -1.32. The van der Waals surface area contributed by atoms with E-state index in [2.05, 4.69) is 38.0 Å². The number of hydrogen-bond acceptors (Lipinski definition) is 4. The number of likely N-dealkylation sites (tertiary alicyclic amines) is 2. The van der Waals surface area contributed by atoms with Crippen molar-refractivity contribution in [2.24, 2.45) is 10.9 Å². The molecule has 5 nitrogen and oxygen atoms in total. The van der Waals surface area contributed by atoms with E-state index >= 15 is 0 Å². The van der Waals surface area contributed by atoms with Gasteiger partial charge in [-0.05, 0) is 75.6 Å². The maximum absolute atomic E-state index is 12.5. The molecule has 3 heterocycles. The number of aliphatic imine (C=N–C) groups is 1. The molecule has 30 heavy (non-hydrogen) atoms. The van der Waals surface area contributed by atoms with Crippen molar-refractivity contribution in [1.82, 2.24) is 20.4 Å². The number of halogens is 3. The average molecular weight is 446 g/mol. The van der Waals surface area contributed by atoms with Crippen LogP contribution in [-0.4, -0.2) is 74.8 Å². The highest BCUT2D eigenvalue weighted by atomic mass is 32.1. The number of nitrogens with one attached hydrogen (secondary N) is 2. The van der Waals surface area contributed by atoms with Crippen molar-refractivity contribution in [1.29, 1.82) is 0 Å². The van der Waals surface area contributed by atoms with Gasteiger partial charge in [-0.1, -0.05) is 6.07 Å². The quantitative estimate of drug-likeness (QED) is 0.473. The SMILES string of the molecule is CN=C(NCCC1CCN(CC(F)(F)F)CC1)NCC(c1cccs1)N1CCCC1. The smallest absolute Gasteiger partial charge is 0.356 e. The molecule has 3 rings (SSSR count). The van der Waals surface area contributed by atoms with Crippen LogP contribution in [0.5, 0.6) is 0 Å². The molecule has 1 atom stereocenters. The second-order valence-corrected chi connectivity index (χ2v) is 9.26. The first-order chi connectivity index (χ1) is 14.4. The highest BCUT2D eigenvalue weighted by Gasteiger charge is 2.32. The summed E-state index contributed by atoms with van der Waals surface area (Å²) >= 11 is 1.80. The van der Waals surface area contributed by atoms with Crippen LogP contribution in [0.15, 0.2) is 22.5 Å². The molecule has 1 aromatic heterocycles. The van der Waals surface area contributed by atoms with Crippen molar-refractivity contribution in [2.75, 3.05) is 52.9 Å². The maximum atomic E-state index is 12.5. The number of piperidine rings is 1. The molecule has 0 aliphatic carbocycles. The maximum Gasteiger partial charge on any atom is 0.401 e. The van der Waals surface area contributed by atoms with Crippen molar-refractivity contribution >= 4 is 17.3 Å². The van der Waals surface area contributed by atoms with Gasteiger partial charge in [0.25, 0.3) is 0 Å². The van der Waals surface area contributed by atoms with Crippen molar-refractivity contribution in [3.8, 4) is 0 Å². The summed E-state index contributed by atoms with van der Waals surface area (Å²) in [5.41, 5.74) is 0. The first kappa shape index (κ1) is 23.3. The third kappa shape index (κ3) is 7.42. The summed E-state index contributed by atoms with van der Waals surface area (Å²) in [7, 11) is 1.78. The third-order valence-corrected chi connectivity index (χ3v) is 7.07. The summed E-state index contributed by atoms with van der Waals surface area (Å²) in [6, 6.07) is 4.68. The minimum atomic E-state index is -4.09. The molecule has 2 aliphatic rings. The molecule has 2 N–H and O–H groups in total. The Balaban J connectivity index is 1.38.